The van der Waals surface area contributed by atoms with E-state index >= 15 is 0 Å². The van der Waals surface area contributed by atoms with Crippen LogP contribution in [0.4, 0.5) is 9.59 Å². The molecule has 0 bridgehead atoms. The highest BCUT2D eigenvalue weighted by atomic mass is 28.4. The smallest absolute Gasteiger partial charge is 0.314 e. The molecule has 0 fully saturated rings. The molecule has 346 valence electrons. The average Bonchev–Trinajstić information content (AvgIpc) is 3.26. The molecular formula is C52H90N4O4Si. The number of hydrogen-bond acceptors (Lipinski definition) is 4. The highest BCUT2D eigenvalue weighted by Crippen LogP contribution is 2.36. The van der Waals surface area contributed by atoms with Crippen LogP contribution in [0.25, 0.3) is 0 Å². The van der Waals surface area contributed by atoms with Gasteiger partial charge in [0.25, 0.3) is 8.32 Å². The highest BCUT2D eigenvalue weighted by Gasteiger charge is 2.49. The van der Waals surface area contributed by atoms with Gasteiger partial charge in [-0.25, -0.2) is 9.59 Å². The summed E-state index contributed by atoms with van der Waals surface area (Å²) in [7, 11) is -2.40. The van der Waals surface area contributed by atoms with Crippen molar-refractivity contribution in [3.8, 4) is 0 Å². The zero-order chi connectivity index (χ0) is 44.5. The van der Waals surface area contributed by atoms with Crippen LogP contribution in [0.3, 0.4) is 0 Å². The minimum absolute atomic E-state index is 0.0291. The van der Waals surface area contributed by atoms with Crippen LogP contribution >= 0.6 is 0 Å². The fourth-order valence-electron chi connectivity index (χ4n) is 7.36. The molecule has 9 heteroatoms. The second kappa shape index (κ2) is 38.3. The number of hydrogen-bond donors (Lipinski definition) is 5. The fraction of sp³-hybridized carbons (Fsp3) is 0.654. The molecule has 61 heavy (non-hydrogen) atoms. The van der Waals surface area contributed by atoms with Crippen molar-refractivity contribution in [1.29, 1.82) is 0 Å². The second-order valence-electron chi connectivity index (χ2n) is 17.4. The number of carbonyl (C=O) groups excluding carboxylic acids is 2. The number of allylic oxidation sites excluding steroid dienone is 4. The fourth-order valence-corrected chi connectivity index (χ4v) is 12.0. The van der Waals surface area contributed by atoms with Crippen molar-refractivity contribution < 1.29 is 19.1 Å². The summed E-state index contributed by atoms with van der Waals surface area (Å²) in [4.78, 5) is 23.1. The Morgan fingerprint density at radius 3 is 1.21 bits per heavy atom. The third-order valence-corrected chi connectivity index (χ3v) is 16.0. The number of rotatable bonds is 34. The minimum Gasteiger partial charge on any atom is -0.407 e. The quantitative estimate of drug-likeness (QED) is 0.0274. The number of unbranched alkanes of at least 4 members (excludes halogenated alkanes) is 16. The van der Waals surface area contributed by atoms with Gasteiger partial charge >= 0.3 is 12.1 Å². The van der Waals surface area contributed by atoms with Crippen LogP contribution in [0.15, 0.2) is 85.0 Å². The molecule has 2 aromatic rings. The molecule has 0 spiro atoms. The lowest BCUT2D eigenvalue weighted by atomic mass is 10.1. The zero-order valence-corrected chi connectivity index (χ0v) is 40.6. The second-order valence-corrected chi connectivity index (χ2v) is 21.7. The predicted molar refractivity (Wildman–Crippen MR) is 265 cm³/mol. The van der Waals surface area contributed by atoms with E-state index in [4.69, 9.17) is 9.53 Å². The minimum atomic E-state index is -2.40. The van der Waals surface area contributed by atoms with Crippen LogP contribution < -0.4 is 31.6 Å². The molecule has 2 rings (SSSR count). The number of aliphatic hydroxyl groups excluding tert-OH is 1. The van der Waals surface area contributed by atoms with Gasteiger partial charge in [0.15, 0.2) is 0 Å². The first-order valence-electron chi connectivity index (χ1n) is 24.4. The third kappa shape index (κ3) is 28.0. The Labute approximate surface area is 375 Å². The van der Waals surface area contributed by atoms with Crippen molar-refractivity contribution in [2.75, 3.05) is 39.4 Å². The molecule has 2 aromatic carbocycles. The molecular weight excluding hydrogens is 773 g/mol. The topological polar surface area (TPSA) is 112 Å². The first-order chi connectivity index (χ1) is 29.7. The van der Waals surface area contributed by atoms with E-state index < -0.39 is 8.32 Å². The maximum Gasteiger partial charge on any atom is 0.314 e. The van der Waals surface area contributed by atoms with Crippen molar-refractivity contribution >= 4 is 30.8 Å². The van der Waals surface area contributed by atoms with Crippen molar-refractivity contribution in [2.24, 2.45) is 0 Å². The summed E-state index contributed by atoms with van der Waals surface area (Å²) in [6.45, 7) is 15.6. The van der Waals surface area contributed by atoms with Crippen LogP contribution in [0.2, 0.25) is 5.04 Å². The lowest BCUT2D eigenvalue weighted by molar-refractivity contribution is 0.239. The summed E-state index contributed by atoms with van der Waals surface area (Å²) in [6.07, 6.45) is 34.0. The standard InChI is InChI=1S/C34H54N2O2Si.C18H36N2O2/c1-5-6-21-28-35-33(37)36-29-22-13-11-9-7-8-10-12-14-23-30-38-39(34(2,3)4,31-24-17-15-18-25-31)32-26-19-16-20-27-32;1-2-3-12-15-19-18(22)20-16-13-10-8-6-4-5-7-9-11-14-17-21/h7,9,15-20,24-27H,5-6,8,10-14,21-23,28-30H2,1-4H3,(H2,35,36,37);4,6,21H,2-3,5,7-17H2,1H3,(H2,19,20,22)/b9-7-;6-4-. The molecule has 0 aliphatic carbocycles. The number of benzene rings is 2. The van der Waals surface area contributed by atoms with E-state index in [1.165, 1.54) is 68.2 Å². The van der Waals surface area contributed by atoms with Gasteiger partial charge in [-0.3, -0.25) is 0 Å². The van der Waals surface area contributed by atoms with Gasteiger partial charge < -0.3 is 30.8 Å². The van der Waals surface area contributed by atoms with Gasteiger partial charge in [-0.15, -0.1) is 0 Å². The Bertz CT molecular complexity index is 1330. The number of aliphatic hydroxyl groups is 1. The summed E-state index contributed by atoms with van der Waals surface area (Å²) in [5.74, 6) is 0. The van der Waals surface area contributed by atoms with E-state index in [2.05, 4.69) is 141 Å². The molecule has 0 aliphatic rings. The molecule has 0 saturated heterocycles. The van der Waals surface area contributed by atoms with Crippen LogP contribution in [0.5, 0.6) is 0 Å². The van der Waals surface area contributed by atoms with Gasteiger partial charge in [-0.2, -0.15) is 0 Å². The van der Waals surface area contributed by atoms with E-state index in [0.29, 0.717) is 6.61 Å². The summed E-state index contributed by atoms with van der Waals surface area (Å²) < 4.78 is 7.00. The Morgan fingerprint density at radius 1 is 0.508 bits per heavy atom. The molecule has 5 N–H and O–H groups in total. The maximum absolute atomic E-state index is 11.7. The van der Waals surface area contributed by atoms with Gasteiger partial charge in [0.2, 0.25) is 0 Å². The zero-order valence-electron chi connectivity index (χ0n) is 39.6. The lowest BCUT2D eigenvalue weighted by Crippen LogP contribution is -2.66. The van der Waals surface area contributed by atoms with Gasteiger partial charge in [0.1, 0.15) is 0 Å². The Morgan fingerprint density at radius 2 is 0.852 bits per heavy atom. The van der Waals surface area contributed by atoms with Crippen LogP contribution in [-0.4, -0.2) is 64.9 Å². The van der Waals surface area contributed by atoms with Crippen molar-refractivity contribution in [3.63, 3.8) is 0 Å². The van der Waals surface area contributed by atoms with E-state index in [1.54, 1.807) is 0 Å². The summed E-state index contributed by atoms with van der Waals surface area (Å²) in [5, 5.41) is 23.1. The lowest BCUT2D eigenvalue weighted by Gasteiger charge is -2.43. The number of urea groups is 2. The van der Waals surface area contributed by atoms with E-state index in [9.17, 15) is 9.59 Å². The van der Waals surface area contributed by atoms with Gasteiger partial charge in [0.05, 0.1) is 0 Å². The molecule has 0 aliphatic heterocycles. The van der Waals surface area contributed by atoms with E-state index in [-0.39, 0.29) is 17.1 Å². The number of nitrogens with one attached hydrogen (secondary N) is 4. The van der Waals surface area contributed by atoms with E-state index in [1.807, 2.05) is 0 Å². The van der Waals surface area contributed by atoms with Crippen LogP contribution in [-0.2, 0) is 4.43 Å². The maximum atomic E-state index is 11.7. The average molecular weight is 863 g/mol. The SMILES string of the molecule is CCCCCNC(=O)NCCCC/C=C\CCCCCCO.CCCCCNC(=O)NCCCC/C=C\CCCCCCO[Si](c1ccccc1)(c1ccccc1)C(C)(C)C. The largest absolute Gasteiger partial charge is 0.407 e. The van der Waals surface area contributed by atoms with Crippen molar-refractivity contribution in [1.82, 2.24) is 21.3 Å². The van der Waals surface area contributed by atoms with Gasteiger partial charge in [-0.1, -0.05) is 171 Å². The third-order valence-electron chi connectivity index (χ3n) is 10.9. The molecule has 0 unspecified atom stereocenters. The number of carbonyl (C=O) groups is 2. The van der Waals surface area contributed by atoms with Gasteiger partial charge in [-0.05, 0) is 105 Å². The molecule has 0 atom stereocenters. The summed E-state index contributed by atoms with van der Waals surface area (Å²) in [6, 6.07) is 21.8. The first kappa shape index (κ1) is 55.6. The normalized spacial score (nSPS) is 11.7. The Hall–Kier alpha value is -3.40. The first-order valence-corrected chi connectivity index (χ1v) is 26.3. The molecule has 8 nitrogen and oxygen atoms in total. The van der Waals surface area contributed by atoms with Crippen LogP contribution in [0, 0.1) is 0 Å². The number of amides is 4. The van der Waals surface area contributed by atoms with Crippen molar-refractivity contribution in [3.05, 3.63) is 85.0 Å². The Kier molecular flexibility index (Phi) is 34.9. The molecule has 0 aromatic heterocycles. The monoisotopic (exact) mass is 863 g/mol. The molecule has 0 heterocycles. The highest BCUT2D eigenvalue weighted by molar-refractivity contribution is 6.99. The van der Waals surface area contributed by atoms with Crippen molar-refractivity contribution in [2.45, 2.75) is 181 Å². The van der Waals surface area contributed by atoms with Crippen LogP contribution in [0.1, 0.15) is 176 Å². The Balaban J connectivity index is 0.000000719. The van der Waals surface area contributed by atoms with Gasteiger partial charge in [0, 0.05) is 39.4 Å². The molecule has 0 saturated carbocycles. The molecule has 4 amide bonds. The molecule has 0 radical (unpaired) electrons. The predicted octanol–water partition coefficient (Wildman–Crippen LogP) is 11.9. The summed E-state index contributed by atoms with van der Waals surface area (Å²) >= 11 is 0. The van der Waals surface area contributed by atoms with E-state index in [0.717, 1.165) is 116 Å². The summed E-state index contributed by atoms with van der Waals surface area (Å²) in [5.41, 5.74) is 0.